The van der Waals surface area contributed by atoms with Crippen molar-refractivity contribution in [1.29, 1.82) is 0 Å². The summed E-state index contributed by atoms with van der Waals surface area (Å²) in [6.45, 7) is 6.71. The van der Waals surface area contributed by atoms with Crippen LogP contribution < -0.4 is 10.1 Å². The third-order valence-electron chi connectivity index (χ3n) is 2.65. The first-order chi connectivity index (χ1) is 9.58. The molecule has 1 N–H and O–H groups in total. The lowest BCUT2D eigenvalue weighted by molar-refractivity contribution is 0.305. The summed E-state index contributed by atoms with van der Waals surface area (Å²) in [6, 6.07) is 5.85. The molecule has 0 aromatic carbocycles. The fourth-order valence-electron chi connectivity index (χ4n) is 1.71. The van der Waals surface area contributed by atoms with Crippen molar-refractivity contribution in [1.82, 2.24) is 9.97 Å². The van der Waals surface area contributed by atoms with Gasteiger partial charge in [-0.25, -0.2) is 4.98 Å². The van der Waals surface area contributed by atoms with Gasteiger partial charge in [0, 0.05) is 16.6 Å². The standard InChI is InChI=1S/C14H18ClN3OS/c1-4-7-19-13-8-9(2)16-14(18-13)17-10(3)11-5-6-12(15)20-11/h5-6,8,10H,4,7H2,1-3H3,(H,16,17,18). The maximum Gasteiger partial charge on any atom is 0.226 e. The number of nitrogens with zero attached hydrogens (tertiary/aromatic N) is 2. The molecule has 0 amide bonds. The van der Waals surface area contributed by atoms with Crippen LogP contribution in [0.1, 0.15) is 36.9 Å². The number of nitrogens with one attached hydrogen (secondary N) is 1. The van der Waals surface area contributed by atoms with Crippen LogP contribution in [0.25, 0.3) is 0 Å². The molecule has 0 aliphatic rings. The molecule has 0 spiro atoms. The van der Waals surface area contributed by atoms with Crippen molar-refractivity contribution in [2.75, 3.05) is 11.9 Å². The van der Waals surface area contributed by atoms with Crippen LogP contribution in [-0.2, 0) is 0 Å². The Morgan fingerprint density at radius 1 is 1.40 bits per heavy atom. The number of anilines is 1. The van der Waals surface area contributed by atoms with Crippen LogP contribution in [0.15, 0.2) is 18.2 Å². The van der Waals surface area contributed by atoms with Crippen molar-refractivity contribution >= 4 is 28.9 Å². The third-order valence-corrected chi connectivity index (χ3v) is 4.07. The predicted octanol–water partition coefficient (Wildman–Crippen LogP) is 4.46. The Labute approximate surface area is 128 Å². The van der Waals surface area contributed by atoms with Crippen LogP contribution in [-0.4, -0.2) is 16.6 Å². The summed E-state index contributed by atoms with van der Waals surface area (Å²) >= 11 is 7.51. The maximum absolute atomic E-state index is 5.95. The van der Waals surface area contributed by atoms with Crippen molar-refractivity contribution in [3.63, 3.8) is 0 Å². The molecule has 0 radical (unpaired) electrons. The molecule has 2 aromatic rings. The van der Waals surface area contributed by atoms with E-state index < -0.39 is 0 Å². The van der Waals surface area contributed by atoms with E-state index >= 15 is 0 Å². The molecular weight excluding hydrogens is 294 g/mol. The van der Waals surface area contributed by atoms with Gasteiger partial charge in [0.25, 0.3) is 0 Å². The highest BCUT2D eigenvalue weighted by molar-refractivity contribution is 7.16. The van der Waals surface area contributed by atoms with E-state index in [1.807, 2.05) is 25.1 Å². The van der Waals surface area contributed by atoms with E-state index in [1.54, 1.807) is 11.3 Å². The highest BCUT2D eigenvalue weighted by Gasteiger charge is 2.11. The van der Waals surface area contributed by atoms with Crippen molar-refractivity contribution in [2.45, 2.75) is 33.2 Å². The molecule has 1 atom stereocenters. The molecule has 1 unspecified atom stereocenters. The van der Waals surface area contributed by atoms with E-state index in [9.17, 15) is 0 Å². The fraction of sp³-hybridized carbons (Fsp3) is 0.429. The molecule has 0 bridgehead atoms. The number of halogens is 1. The second-order valence-electron chi connectivity index (χ2n) is 4.53. The molecule has 2 heterocycles. The van der Waals surface area contributed by atoms with Crippen LogP contribution in [0.4, 0.5) is 5.95 Å². The summed E-state index contributed by atoms with van der Waals surface area (Å²) in [5.74, 6) is 1.19. The zero-order valence-corrected chi connectivity index (χ0v) is 13.4. The lowest BCUT2D eigenvalue weighted by Crippen LogP contribution is -2.10. The Balaban J connectivity index is 2.10. The van der Waals surface area contributed by atoms with Gasteiger partial charge in [0.2, 0.25) is 11.8 Å². The molecule has 4 nitrogen and oxygen atoms in total. The largest absolute Gasteiger partial charge is 0.478 e. The predicted molar refractivity (Wildman–Crippen MR) is 83.9 cm³/mol. The van der Waals surface area contributed by atoms with Gasteiger partial charge >= 0.3 is 0 Å². The van der Waals surface area contributed by atoms with Gasteiger partial charge < -0.3 is 10.1 Å². The molecule has 2 rings (SSSR count). The molecule has 0 saturated heterocycles. The normalized spacial score (nSPS) is 12.2. The van der Waals surface area contributed by atoms with Crippen LogP contribution in [0.3, 0.4) is 0 Å². The number of rotatable bonds is 6. The van der Waals surface area contributed by atoms with Gasteiger partial charge in [0.1, 0.15) is 0 Å². The summed E-state index contributed by atoms with van der Waals surface area (Å²) in [4.78, 5) is 9.90. The van der Waals surface area contributed by atoms with E-state index in [2.05, 4.69) is 29.1 Å². The Morgan fingerprint density at radius 2 is 2.20 bits per heavy atom. The Hall–Kier alpha value is -1.33. The van der Waals surface area contributed by atoms with Crippen molar-refractivity contribution < 1.29 is 4.74 Å². The van der Waals surface area contributed by atoms with E-state index in [0.29, 0.717) is 18.4 Å². The van der Waals surface area contributed by atoms with Crippen LogP contribution >= 0.6 is 22.9 Å². The molecule has 0 aliphatic heterocycles. The first-order valence-electron chi connectivity index (χ1n) is 6.58. The SMILES string of the molecule is CCCOc1cc(C)nc(NC(C)c2ccc(Cl)s2)n1. The number of aryl methyl sites for hydroxylation is 1. The van der Waals surface area contributed by atoms with Gasteiger partial charge in [0.05, 0.1) is 17.0 Å². The van der Waals surface area contributed by atoms with Crippen LogP contribution in [0.5, 0.6) is 5.88 Å². The third kappa shape index (κ3) is 4.08. The minimum absolute atomic E-state index is 0.105. The Kier molecular flexibility index (Phi) is 5.20. The monoisotopic (exact) mass is 311 g/mol. The van der Waals surface area contributed by atoms with Crippen molar-refractivity contribution in [3.05, 3.63) is 33.1 Å². The second kappa shape index (κ2) is 6.90. The minimum Gasteiger partial charge on any atom is -0.478 e. The van der Waals surface area contributed by atoms with Gasteiger partial charge in [-0.2, -0.15) is 4.98 Å². The van der Waals surface area contributed by atoms with Crippen LogP contribution in [0.2, 0.25) is 4.34 Å². The number of hydrogen-bond donors (Lipinski definition) is 1. The molecule has 108 valence electrons. The van der Waals surface area contributed by atoms with E-state index in [0.717, 1.165) is 21.3 Å². The summed E-state index contributed by atoms with van der Waals surface area (Å²) in [5.41, 5.74) is 0.880. The maximum atomic E-state index is 5.95. The fourth-order valence-corrected chi connectivity index (χ4v) is 2.77. The quantitative estimate of drug-likeness (QED) is 0.855. The lowest BCUT2D eigenvalue weighted by Gasteiger charge is -2.13. The van der Waals surface area contributed by atoms with Gasteiger partial charge in [-0.15, -0.1) is 11.3 Å². The summed E-state index contributed by atoms with van der Waals surface area (Å²) in [5, 5.41) is 3.28. The van der Waals surface area contributed by atoms with Gasteiger partial charge in [-0.1, -0.05) is 18.5 Å². The second-order valence-corrected chi connectivity index (χ2v) is 6.27. The zero-order valence-electron chi connectivity index (χ0n) is 11.8. The number of hydrogen-bond acceptors (Lipinski definition) is 5. The summed E-state index contributed by atoms with van der Waals surface area (Å²) in [7, 11) is 0. The number of ether oxygens (including phenoxy) is 1. The van der Waals surface area contributed by atoms with Crippen molar-refractivity contribution in [2.24, 2.45) is 0 Å². The first kappa shape index (κ1) is 15.1. The molecule has 6 heteroatoms. The van der Waals surface area contributed by atoms with Gasteiger partial charge in [-0.3, -0.25) is 0 Å². The molecular formula is C14H18ClN3OS. The van der Waals surface area contributed by atoms with Crippen molar-refractivity contribution in [3.8, 4) is 5.88 Å². The number of thiophene rings is 1. The molecule has 0 aliphatic carbocycles. The average molecular weight is 312 g/mol. The smallest absolute Gasteiger partial charge is 0.226 e. The summed E-state index contributed by atoms with van der Waals surface area (Å²) in [6.07, 6.45) is 0.954. The van der Waals surface area contributed by atoms with E-state index in [1.165, 1.54) is 0 Å². The summed E-state index contributed by atoms with van der Waals surface area (Å²) < 4.78 is 6.34. The van der Waals surface area contributed by atoms with Gasteiger partial charge in [-0.05, 0) is 32.4 Å². The highest BCUT2D eigenvalue weighted by atomic mass is 35.5. The topological polar surface area (TPSA) is 47.0 Å². The molecule has 20 heavy (non-hydrogen) atoms. The zero-order chi connectivity index (χ0) is 14.5. The average Bonchev–Trinajstić information content (AvgIpc) is 2.82. The Morgan fingerprint density at radius 3 is 2.85 bits per heavy atom. The highest BCUT2D eigenvalue weighted by Crippen LogP contribution is 2.28. The minimum atomic E-state index is 0.105. The van der Waals surface area contributed by atoms with Gasteiger partial charge in [0.15, 0.2) is 0 Å². The molecule has 0 saturated carbocycles. The lowest BCUT2D eigenvalue weighted by atomic mass is 10.3. The van der Waals surface area contributed by atoms with E-state index in [-0.39, 0.29) is 6.04 Å². The molecule has 0 fully saturated rings. The molecule has 2 aromatic heterocycles. The first-order valence-corrected chi connectivity index (χ1v) is 7.78. The number of aromatic nitrogens is 2. The van der Waals surface area contributed by atoms with E-state index in [4.69, 9.17) is 16.3 Å². The Bertz CT molecular complexity index is 573. The van der Waals surface area contributed by atoms with Crippen LogP contribution in [0, 0.1) is 6.92 Å².